The minimum atomic E-state index is 0.163. The summed E-state index contributed by atoms with van der Waals surface area (Å²) in [5.74, 6) is 0.655. The van der Waals surface area contributed by atoms with Gasteiger partial charge in [0.05, 0.1) is 7.11 Å². The third kappa shape index (κ3) is 2.97. The van der Waals surface area contributed by atoms with Gasteiger partial charge in [-0.25, -0.2) is 0 Å². The van der Waals surface area contributed by atoms with Crippen LogP contribution in [0.15, 0.2) is 42.7 Å². The molecule has 0 bridgehead atoms. The number of ether oxygens (including phenoxy) is 1. The van der Waals surface area contributed by atoms with E-state index in [1.165, 1.54) is 12.7 Å². The third-order valence-electron chi connectivity index (χ3n) is 2.53. The number of pyridine rings is 1. The highest BCUT2D eigenvalue weighted by atomic mass is 16.5. The average Bonchev–Trinajstić information content (AvgIpc) is 2.38. The molecule has 17 heavy (non-hydrogen) atoms. The van der Waals surface area contributed by atoms with Gasteiger partial charge in [0.1, 0.15) is 0 Å². The minimum Gasteiger partial charge on any atom is -0.504 e. The lowest BCUT2D eigenvalue weighted by Crippen LogP contribution is -1.90. The van der Waals surface area contributed by atoms with Crippen LogP contribution in [-0.4, -0.2) is 17.2 Å². The van der Waals surface area contributed by atoms with Crippen LogP contribution in [0, 0.1) is 6.42 Å². The van der Waals surface area contributed by atoms with E-state index in [0.29, 0.717) is 5.75 Å². The van der Waals surface area contributed by atoms with Crippen LogP contribution in [0.1, 0.15) is 11.1 Å². The zero-order valence-corrected chi connectivity index (χ0v) is 9.63. The van der Waals surface area contributed by atoms with Crippen molar-refractivity contribution in [3.63, 3.8) is 0 Å². The fourth-order valence-corrected chi connectivity index (χ4v) is 1.59. The summed E-state index contributed by atoms with van der Waals surface area (Å²) in [5, 5.41) is 9.63. The van der Waals surface area contributed by atoms with Gasteiger partial charge in [-0.15, -0.1) is 0 Å². The Morgan fingerprint density at radius 1 is 1.24 bits per heavy atom. The molecule has 0 atom stereocenters. The van der Waals surface area contributed by atoms with E-state index >= 15 is 0 Å². The Kier molecular flexibility index (Phi) is 3.60. The van der Waals surface area contributed by atoms with Gasteiger partial charge < -0.3 is 9.84 Å². The molecule has 0 fully saturated rings. The topological polar surface area (TPSA) is 42.4 Å². The number of aromatic nitrogens is 1. The second kappa shape index (κ2) is 5.34. The fourth-order valence-electron chi connectivity index (χ4n) is 1.59. The SMILES string of the molecule is COc1ccc([CH]Cc2ccncc2)cc1O. The molecule has 0 spiro atoms. The Morgan fingerprint density at radius 2 is 2.00 bits per heavy atom. The molecule has 0 aliphatic rings. The number of phenolic OH excluding ortho intramolecular Hbond substituents is 1. The van der Waals surface area contributed by atoms with Crippen molar-refractivity contribution in [2.45, 2.75) is 6.42 Å². The largest absolute Gasteiger partial charge is 0.504 e. The van der Waals surface area contributed by atoms with Gasteiger partial charge in [-0.2, -0.15) is 0 Å². The van der Waals surface area contributed by atoms with Crippen LogP contribution >= 0.6 is 0 Å². The third-order valence-corrected chi connectivity index (χ3v) is 2.53. The van der Waals surface area contributed by atoms with Crippen LogP contribution in [0.25, 0.3) is 0 Å². The molecule has 0 aliphatic heterocycles. The van der Waals surface area contributed by atoms with E-state index in [1.807, 2.05) is 18.2 Å². The Morgan fingerprint density at radius 3 is 2.65 bits per heavy atom. The summed E-state index contributed by atoms with van der Waals surface area (Å²) in [6.07, 6.45) is 6.41. The van der Waals surface area contributed by atoms with Crippen molar-refractivity contribution < 1.29 is 9.84 Å². The van der Waals surface area contributed by atoms with Gasteiger partial charge in [0, 0.05) is 12.4 Å². The lowest BCUT2D eigenvalue weighted by atomic mass is 10.1. The number of hydrogen-bond acceptors (Lipinski definition) is 3. The number of nitrogens with zero attached hydrogens (tertiary/aromatic N) is 1. The predicted molar refractivity (Wildman–Crippen MR) is 66.0 cm³/mol. The maximum atomic E-state index is 9.63. The summed E-state index contributed by atoms with van der Waals surface area (Å²) in [6.45, 7) is 0. The fraction of sp³-hybridized carbons (Fsp3) is 0.143. The molecule has 2 aromatic rings. The van der Waals surface area contributed by atoms with E-state index in [2.05, 4.69) is 11.4 Å². The number of hydrogen-bond donors (Lipinski definition) is 1. The Labute approximate surface area is 101 Å². The van der Waals surface area contributed by atoms with Gasteiger partial charge in [-0.1, -0.05) is 6.07 Å². The van der Waals surface area contributed by atoms with Crippen molar-refractivity contribution in [1.29, 1.82) is 0 Å². The molecule has 1 heterocycles. The minimum absolute atomic E-state index is 0.163. The van der Waals surface area contributed by atoms with Gasteiger partial charge in [0.25, 0.3) is 0 Å². The van der Waals surface area contributed by atoms with Crippen LogP contribution in [0.3, 0.4) is 0 Å². The van der Waals surface area contributed by atoms with E-state index in [4.69, 9.17) is 4.74 Å². The molecule has 0 aliphatic carbocycles. The van der Waals surface area contributed by atoms with E-state index in [-0.39, 0.29) is 5.75 Å². The van der Waals surface area contributed by atoms with E-state index < -0.39 is 0 Å². The van der Waals surface area contributed by atoms with Crippen LogP contribution in [0.4, 0.5) is 0 Å². The van der Waals surface area contributed by atoms with Crippen molar-refractivity contribution in [1.82, 2.24) is 4.98 Å². The summed E-state index contributed by atoms with van der Waals surface area (Å²) < 4.78 is 4.99. The molecular weight excluding hydrogens is 214 g/mol. The summed E-state index contributed by atoms with van der Waals surface area (Å²) in [4.78, 5) is 3.97. The molecule has 87 valence electrons. The van der Waals surface area contributed by atoms with Gasteiger partial charge in [0.15, 0.2) is 11.5 Å². The summed E-state index contributed by atoms with van der Waals surface area (Å²) in [6, 6.07) is 9.31. The number of benzene rings is 1. The Bertz CT molecular complexity index is 483. The van der Waals surface area contributed by atoms with Crippen molar-refractivity contribution >= 4 is 0 Å². The first-order chi connectivity index (χ1) is 8.29. The van der Waals surface area contributed by atoms with E-state index in [9.17, 15) is 5.11 Å². The van der Waals surface area contributed by atoms with Crippen LogP contribution in [0.2, 0.25) is 0 Å². The van der Waals surface area contributed by atoms with Crippen LogP contribution in [0.5, 0.6) is 11.5 Å². The highest BCUT2D eigenvalue weighted by molar-refractivity contribution is 5.44. The normalized spacial score (nSPS) is 10.2. The molecule has 0 saturated carbocycles. The molecule has 0 unspecified atom stereocenters. The monoisotopic (exact) mass is 228 g/mol. The first kappa shape index (κ1) is 11.5. The number of rotatable bonds is 4. The lowest BCUT2D eigenvalue weighted by molar-refractivity contribution is 0.373. The first-order valence-corrected chi connectivity index (χ1v) is 5.38. The van der Waals surface area contributed by atoms with Gasteiger partial charge >= 0.3 is 0 Å². The quantitative estimate of drug-likeness (QED) is 0.874. The van der Waals surface area contributed by atoms with Crippen molar-refractivity contribution in [2.75, 3.05) is 7.11 Å². The molecule has 1 aromatic carbocycles. The van der Waals surface area contributed by atoms with Crippen molar-refractivity contribution in [2.24, 2.45) is 0 Å². The lowest BCUT2D eigenvalue weighted by Gasteiger charge is -2.06. The second-order valence-corrected chi connectivity index (χ2v) is 3.69. The molecule has 1 N–H and O–H groups in total. The molecule has 3 heteroatoms. The van der Waals surface area contributed by atoms with Gasteiger partial charge in [0.2, 0.25) is 0 Å². The standard InChI is InChI=1S/C14H14NO2/c1-17-14-5-4-12(10-13(14)16)3-2-11-6-8-15-9-7-11/h3-10,16H,2H2,1H3. The van der Waals surface area contributed by atoms with Crippen LogP contribution < -0.4 is 4.74 Å². The van der Waals surface area contributed by atoms with Gasteiger partial charge in [-0.3, -0.25) is 4.98 Å². The predicted octanol–water partition coefficient (Wildman–Crippen LogP) is 2.59. The molecule has 1 aromatic heterocycles. The van der Waals surface area contributed by atoms with E-state index in [0.717, 1.165) is 12.0 Å². The molecule has 0 amide bonds. The molecule has 2 rings (SSSR count). The van der Waals surface area contributed by atoms with Crippen LogP contribution in [-0.2, 0) is 6.42 Å². The van der Waals surface area contributed by atoms with Gasteiger partial charge in [-0.05, 0) is 48.2 Å². The summed E-state index contributed by atoms with van der Waals surface area (Å²) in [5.41, 5.74) is 2.16. The molecule has 3 nitrogen and oxygen atoms in total. The molecular formula is C14H14NO2. The molecule has 1 radical (unpaired) electrons. The number of aromatic hydroxyl groups is 1. The number of phenols is 1. The Balaban J connectivity index is 2.02. The maximum absolute atomic E-state index is 9.63. The highest BCUT2D eigenvalue weighted by Crippen LogP contribution is 2.27. The summed E-state index contributed by atoms with van der Waals surface area (Å²) in [7, 11) is 1.54. The smallest absolute Gasteiger partial charge is 0.160 e. The molecule has 0 saturated heterocycles. The van der Waals surface area contributed by atoms with Crippen molar-refractivity contribution in [3.8, 4) is 11.5 Å². The summed E-state index contributed by atoms with van der Waals surface area (Å²) >= 11 is 0. The highest BCUT2D eigenvalue weighted by Gasteiger charge is 2.02. The zero-order valence-electron chi connectivity index (χ0n) is 9.63. The number of methoxy groups -OCH3 is 1. The van der Waals surface area contributed by atoms with E-state index in [1.54, 1.807) is 24.5 Å². The van der Waals surface area contributed by atoms with Crippen molar-refractivity contribution in [3.05, 3.63) is 60.3 Å². The maximum Gasteiger partial charge on any atom is 0.160 e. The zero-order chi connectivity index (χ0) is 12.1. The first-order valence-electron chi connectivity index (χ1n) is 5.38. The average molecular weight is 228 g/mol. The second-order valence-electron chi connectivity index (χ2n) is 3.69. The Hall–Kier alpha value is -2.03.